The fraction of sp³-hybridized carbons (Fsp3) is 0.222. The molecule has 3 aromatic rings. The Labute approximate surface area is 163 Å². The van der Waals surface area contributed by atoms with E-state index in [4.69, 9.17) is 21.1 Å². The molecule has 8 heteroatoms. The predicted octanol–water partition coefficient (Wildman–Crippen LogP) is 4.21. The Hall–Kier alpha value is -1.93. The number of methoxy groups -OCH3 is 2. The summed E-state index contributed by atoms with van der Waals surface area (Å²) in [6.45, 7) is 1.02. The van der Waals surface area contributed by atoms with Gasteiger partial charge in [-0.25, -0.2) is 0 Å². The highest BCUT2D eigenvalue weighted by atomic mass is 35.5. The largest absolute Gasteiger partial charge is 0.495 e. The number of thiophene rings is 1. The molecule has 0 bridgehead atoms. The van der Waals surface area contributed by atoms with E-state index in [1.807, 2.05) is 28.1 Å². The molecule has 136 valence electrons. The summed E-state index contributed by atoms with van der Waals surface area (Å²) in [4.78, 5) is 18.1. The Morgan fingerprint density at radius 2 is 2.19 bits per heavy atom. The molecule has 1 amide bonds. The van der Waals surface area contributed by atoms with Crippen LogP contribution in [0.1, 0.15) is 4.88 Å². The Morgan fingerprint density at radius 1 is 1.35 bits per heavy atom. The second-order valence-electron chi connectivity index (χ2n) is 5.26. The van der Waals surface area contributed by atoms with Gasteiger partial charge in [-0.1, -0.05) is 29.0 Å². The van der Waals surface area contributed by atoms with E-state index >= 15 is 0 Å². The Kier molecular flexibility index (Phi) is 6.26. The van der Waals surface area contributed by atoms with Crippen molar-refractivity contribution in [1.29, 1.82) is 0 Å². The number of hydrogen-bond donors (Lipinski definition) is 0. The highest BCUT2D eigenvalue weighted by Gasteiger charge is 2.14. The van der Waals surface area contributed by atoms with Crippen LogP contribution in [0.25, 0.3) is 16.3 Å². The van der Waals surface area contributed by atoms with E-state index in [2.05, 4.69) is 4.99 Å². The van der Waals surface area contributed by atoms with Crippen molar-refractivity contribution in [2.24, 2.45) is 4.99 Å². The molecule has 26 heavy (non-hydrogen) atoms. The van der Waals surface area contributed by atoms with Crippen LogP contribution in [0.4, 0.5) is 0 Å². The lowest BCUT2D eigenvalue weighted by Gasteiger charge is -2.08. The van der Waals surface area contributed by atoms with Crippen LogP contribution in [-0.4, -0.2) is 31.3 Å². The smallest absolute Gasteiger partial charge is 0.272 e. The zero-order valence-corrected chi connectivity index (χ0v) is 16.7. The van der Waals surface area contributed by atoms with Crippen LogP contribution in [0.15, 0.2) is 40.7 Å². The second-order valence-corrected chi connectivity index (χ2v) is 7.62. The number of hydrogen-bond acceptors (Lipinski definition) is 5. The number of thiazole rings is 1. The van der Waals surface area contributed by atoms with Gasteiger partial charge in [0.15, 0.2) is 4.80 Å². The van der Waals surface area contributed by atoms with Gasteiger partial charge in [-0.05, 0) is 29.7 Å². The molecule has 5 nitrogen and oxygen atoms in total. The molecule has 0 fully saturated rings. The number of carbonyl (C=O) groups excluding carboxylic acids is 1. The molecule has 2 heterocycles. The van der Waals surface area contributed by atoms with Crippen molar-refractivity contribution in [3.63, 3.8) is 0 Å². The number of aromatic nitrogens is 1. The normalized spacial score (nSPS) is 12.3. The van der Waals surface area contributed by atoms with Gasteiger partial charge in [0, 0.05) is 24.6 Å². The summed E-state index contributed by atoms with van der Waals surface area (Å²) < 4.78 is 13.4. The van der Waals surface area contributed by atoms with Crippen molar-refractivity contribution < 1.29 is 14.3 Å². The minimum atomic E-state index is -0.328. The molecule has 0 saturated heterocycles. The van der Waals surface area contributed by atoms with Crippen molar-refractivity contribution in [3.05, 3.63) is 50.4 Å². The minimum Gasteiger partial charge on any atom is -0.495 e. The van der Waals surface area contributed by atoms with E-state index in [0.29, 0.717) is 28.7 Å². The number of amides is 1. The summed E-state index contributed by atoms with van der Waals surface area (Å²) in [7, 11) is 3.23. The summed E-state index contributed by atoms with van der Waals surface area (Å²) in [5.74, 6) is 0.353. The van der Waals surface area contributed by atoms with Gasteiger partial charge in [0.2, 0.25) is 0 Å². The SMILES string of the molecule is COCCn1c(=NC(=O)/C=C/c2cccs2)sc2c(Cl)ccc(OC)c21. The van der Waals surface area contributed by atoms with Crippen molar-refractivity contribution in [3.8, 4) is 5.75 Å². The zero-order valence-electron chi connectivity index (χ0n) is 14.3. The van der Waals surface area contributed by atoms with Gasteiger partial charge in [0.1, 0.15) is 11.3 Å². The summed E-state index contributed by atoms with van der Waals surface area (Å²) in [5.41, 5.74) is 0.816. The van der Waals surface area contributed by atoms with Gasteiger partial charge < -0.3 is 14.0 Å². The average molecular weight is 409 g/mol. The molecular weight excluding hydrogens is 392 g/mol. The molecule has 0 aliphatic heterocycles. The summed E-state index contributed by atoms with van der Waals surface area (Å²) in [5, 5.41) is 2.56. The van der Waals surface area contributed by atoms with Gasteiger partial charge in [-0.3, -0.25) is 4.79 Å². The first-order valence-corrected chi connectivity index (χ1v) is 9.86. The Bertz CT molecular complexity index is 1000. The van der Waals surface area contributed by atoms with Crippen LogP contribution >= 0.6 is 34.3 Å². The maximum absolute atomic E-state index is 12.3. The van der Waals surface area contributed by atoms with Crippen LogP contribution in [0.3, 0.4) is 0 Å². The lowest BCUT2D eigenvalue weighted by Crippen LogP contribution is -2.19. The quantitative estimate of drug-likeness (QED) is 0.574. The van der Waals surface area contributed by atoms with Crippen molar-refractivity contribution in [2.75, 3.05) is 20.8 Å². The lowest BCUT2D eigenvalue weighted by atomic mass is 10.3. The fourth-order valence-electron chi connectivity index (χ4n) is 2.43. The third-order valence-corrected chi connectivity index (χ3v) is 5.99. The molecule has 0 spiro atoms. The van der Waals surface area contributed by atoms with Gasteiger partial charge in [0.25, 0.3) is 5.91 Å². The Balaban J connectivity index is 2.08. The number of nitrogens with zero attached hydrogens (tertiary/aromatic N) is 2. The third kappa shape index (κ3) is 4.07. The molecule has 0 saturated carbocycles. The molecule has 0 unspecified atom stereocenters. The van der Waals surface area contributed by atoms with Gasteiger partial charge in [-0.2, -0.15) is 4.99 Å². The highest BCUT2D eigenvalue weighted by Crippen LogP contribution is 2.33. The first kappa shape index (κ1) is 18.8. The standard InChI is InChI=1S/C18H17ClN2O3S2/c1-23-10-9-21-16-14(24-2)7-6-13(19)17(16)26-18(21)20-15(22)8-5-12-4-3-11-25-12/h3-8,11H,9-10H2,1-2H3/b8-5+,20-18?. The number of rotatable bonds is 6. The van der Waals surface area contributed by atoms with Crippen LogP contribution < -0.4 is 9.54 Å². The first-order valence-electron chi connectivity index (χ1n) is 7.79. The van der Waals surface area contributed by atoms with E-state index in [-0.39, 0.29) is 5.91 Å². The Morgan fingerprint density at radius 3 is 2.88 bits per heavy atom. The molecule has 3 rings (SSSR count). The van der Waals surface area contributed by atoms with Gasteiger partial charge in [0.05, 0.1) is 23.4 Å². The monoisotopic (exact) mass is 408 g/mol. The first-order chi connectivity index (χ1) is 12.6. The number of halogens is 1. The van der Waals surface area contributed by atoms with Crippen molar-refractivity contribution in [2.45, 2.75) is 6.54 Å². The molecule has 2 aromatic heterocycles. The molecule has 0 aliphatic carbocycles. The van der Waals surface area contributed by atoms with E-state index < -0.39 is 0 Å². The second kappa shape index (κ2) is 8.64. The van der Waals surface area contributed by atoms with Crippen LogP contribution in [0.2, 0.25) is 5.02 Å². The average Bonchev–Trinajstić information content (AvgIpc) is 3.27. The van der Waals surface area contributed by atoms with Crippen LogP contribution in [-0.2, 0) is 16.1 Å². The molecule has 0 radical (unpaired) electrons. The highest BCUT2D eigenvalue weighted by molar-refractivity contribution is 7.17. The number of ether oxygens (including phenoxy) is 2. The zero-order chi connectivity index (χ0) is 18.5. The topological polar surface area (TPSA) is 52.8 Å². The maximum atomic E-state index is 12.3. The number of benzene rings is 1. The van der Waals surface area contributed by atoms with Crippen LogP contribution in [0, 0.1) is 0 Å². The van der Waals surface area contributed by atoms with Crippen molar-refractivity contribution >= 4 is 56.5 Å². The number of fused-ring (bicyclic) bond motifs is 1. The molecule has 1 aromatic carbocycles. The summed E-state index contributed by atoms with van der Waals surface area (Å²) in [6, 6.07) is 7.47. The summed E-state index contributed by atoms with van der Waals surface area (Å²) in [6.07, 6.45) is 3.23. The molecule has 0 aliphatic rings. The van der Waals surface area contributed by atoms with Gasteiger partial charge in [-0.15, -0.1) is 11.3 Å². The van der Waals surface area contributed by atoms with Crippen LogP contribution in [0.5, 0.6) is 5.75 Å². The lowest BCUT2D eigenvalue weighted by molar-refractivity contribution is -0.113. The minimum absolute atomic E-state index is 0.328. The molecule has 0 N–H and O–H groups in total. The molecule has 0 atom stereocenters. The summed E-state index contributed by atoms with van der Waals surface area (Å²) >= 11 is 9.26. The van der Waals surface area contributed by atoms with E-state index in [1.54, 1.807) is 37.7 Å². The third-order valence-electron chi connectivity index (χ3n) is 3.62. The maximum Gasteiger partial charge on any atom is 0.272 e. The van der Waals surface area contributed by atoms with E-state index in [9.17, 15) is 4.79 Å². The number of carbonyl (C=O) groups is 1. The fourth-order valence-corrected chi connectivity index (χ4v) is 4.40. The predicted molar refractivity (Wildman–Crippen MR) is 107 cm³/mol. The van der Waals surface area contributed by atoms with E-state index in [0.717, 1.165) is 15.1 Å². The van der Waals surface area contributed by atoms with Gasteiger partial charge >= 0.3 is 0 Å². The van der Waals surface area contributed by atoms with Crippen molar-refractivity contribution in [1.82, 2.24) is 4.57 Å². The molecular formula is C18H17ClN2O3S2. The van der Waals surface area contributed by atoms with E-state index in [1.165, 1.54) is 17.4 Å².